The van der Waals surface area contributed by atoms with E-state index in [0.29, 0.717) is 0 Å². The second-order valence-electron chi connectivity index (χ2n) is 12.6. The van der Waals surface area contributed by atoms with E-state index in [-0.39, 0.29) is 0 Å². The summed E-state index contributed by atoms with van der Waals surface area (Å²) in [7, 11) is 0. The molecule has 0 bridgehead atoms. The van der Waals surface area contributed by atoms with Gasteiger partial charge >= 0.3 is 0 Å². The van der Waals surface area contributed by atoms with Gasteiger partial charge < -0.3 is 9.32 Å². The molecule has 0 unspecified atom stereocenters. The molecular formula is C46H29NO. The molecule has 0 radical (unpaired) electrons. The summed E-state index contributed by atoms with van der Waals surface area (Å²) in [6, 6.07) is 63.5. The topological polar surface area (TPSA) is 16.4 Å². The molecule has 0 atom stereocenters. The van der Waals surface area contributed by atoms with Gasteiger partial charge in [-0.3, -0.25) is 0 Å². The highest BCUT2D eigenvalue weighted by atomic mass is 16.3. The average Bonchev–Trinajstić information content (AvgIpc) is 3.53. The lowest BCUT2D eigenvalue weighted by molar-refractivity contribution is 0.669. The number of para-hydroxylation sites is 1. The van der Waals surface area contributed by atoms with Gasteiger partial charge in [-0.25, -0.2) is 0 Å². The monoisotopic (exact) mass is 611 g/mol. The zero-order valence-corrected chi connectivity index (χ0v) is 26.1. The molecule has 0 saturated heterocycles. The van der Waals surface area contributed by atoms with Crippen molar-refractivity contribution in [2.45, 2.75) is 0 Å². The van der Waals surface area contributed by atoms with Crippen molar-refractivity contribution in [3.05, 3.63) is 176 Å². The van der Waals surface area contributed by atoms with Crippen LogP contribution in [0.1, 0.15) is 0 Å². The van der Waals surface area contributed by atoms with Crippen molar-refractivity contribution in [1.82, 2.24) is 0 Å². The molecule has 0 aliphatic rings. The summed E-state index contributed by atoms with van der Waals surface area (Å²) in [6.45, 7) is 0. The summed E-state index contributed by atoms with van der Waals surface area (Å²) in [5.74, 6) is 0. The Morgan fingerprint density at radius 2 is 0.792 bits per heavy atom. The Bertz CT molecular complexity index is 2840. The molecule has 10 aromatic rings. The predicted octanol–water partition coefficient (Wildman–Crippen LogP) is 13.3. The number of anilines is 3. The fourth-order valence-electron chi connectivity index (χ4n) is 7.43. The maximum absolute atomic E-state index is 6.20. The molecule has 1 aromatic heterocycles. The Balaban J connectivity index is 1.13. The maximum Gasteiger partial charge on any atom is 0.135 e. The fourth-order valence-corrected chi connectivity index (χ4v) is 7.43. The van der Waals surface area contributed by atoms with Crippen molar-refractivity contribution in [3.8, 4) is 11.1 Å². The normalized spacial score (nSPS) is 11.8. The Morgan fingerprint density at radius 3 is 1.56 bits per heavy atom. The van der Waals surface area contributed by atoms with Crippen LogP contribution in [0, 0.1) is 0 Å². The minimum absolute atomic E-state index is 0.892. The Hall–Kier alpha value is -6.38. The van der Waals surface area contributed by atoms with Gasteiger partial charge in [0.2, 0.25) is 0 Å². The Kier molecular flexibility index (Phi) is 5.91. The van der Waals surface area contributed by atoms with Crippen LogP contribution in [0.5, 0.6) is 0 Å². The molecule has 9 aromatic carbocycles. The predicted molar refractivity (Wildman–Crippen MR) is 204 cm³/mol. The molecular weight excluding hydrogens is 583 g/mol. The minimum atomic E-state index is 0.892. The summed E-state index contributed by atoms with van der Waals surface area (Å²) in [6.07, 6.45) is 0. The van der Waals surface area contributed by atoms with Crippen molar-refractivity contribution in [3.63, 3.8) is 0 Å². The van der Waals surface area contributed by atoms with Crippen LogP contribution >= 0.6 is 0 Å². The van der Waals surface area contributed by atoms with Crippen LogP contribution in [0.2, 0.25) is 0 Å². The average molecular weight is 612 g/mol. The first-order valence-electron chi connectivity index (χ1n) is 16.4. The van der Waals surface area contributed by atoms with Crippen LogP contribution in [-0.4, -0.2) is 0 Å². The quantitative estimate of drug-likeness (QED) is 0.184. The standard InChI is InChI=1S/C46H29NO/c1-3-9-39-31(7-1)15-16-35-27-34(20-25-41(35)39)30-17-21-36(22-18-30)47(38-24-26-46-44(29-38)42-11-5-6-12-45(42)48-46)37-23-19-33-14-13-32-8-2-4-10-40(32)43(33)28-37/h1-29H. The number of benzene rings is 9. The molecule has 0 fully saturated rings. The molecule has 0 N–H and O–H groups in total. The fraction of sp³-hybridized carbons (Fsp3) is 0. The van der Waals surface area contributed by atoms with E-state index in [4.69, 9.17) is 4.42 Å². The van der Waals surface area contributed by atoms with Gasteiger partial charge in [-0.05, 0) is 109 Å². The lowest BCUT2D eigenvalue weighted by Gasteiger charge is -2.26. The van der Waals surface area contributed by atoms with E-state index in [9.17, 15) is 0 Å². The van der Waals surface area contributed by atoms with E-state index in [0.717, 1.165) is 39.0 Å². The minimum Gasteiger partial charge on any atom is -0.456 e. The molecule has 224 valence electrons. The second kappa shape index (κ2) is 10.6. The number of fused-ring (bicyclic) bond motifs is 9. The lowest BCUT2D eigenvalue weighted by Crippen LogP contribution is -2.09. The third-order valence-electron chi connectivity index (χ3n) is 9.81. The van der Waals surface area contributed by atoms with Crippen molar-refractivity contribution in [2.24, 2.45) is 0 Å². The molecule has 2 heteroatoms. The molecule has 0 aliphatic heterocycles. The van der Waals surface area contributed by atoms with Crippen LogP contribution in [-0.2, 0) is 0 Å². The summed E-state index contributed by atoms with van der Waals surface area (Å²) < 4.78 is 6.20. The van der Waals surface area contributed by atoms with Crippen molar-refractivity contribution >= 4 is 82.1 Å². The van der Waals surface area contributed by atoms with Gasteiger partial charge in [-0.1, -0.05) is 121 Å². The van der Waals surface area contributed by atoms with E-state index >= 15 is 0 Å². The van der Waals surface area contributed by atoms with Crippen molar-refractivity contribution in [1.29, 1.82) is 0 Å². The molecule has 10 rings (SSSR count). The van der Waals surface area contributed by atoms with Crippen LogP contribution < -0.4 is 4.90 Å². The van der Waals surface area contributed by atoms with Gasteiger partial charge in [0, 0.05) is 27.8 Å². The molecule has 0 saturated carbocycles. The number of hydrogen-bond donors (Lipinski definition) is 0. The zero-order valence-electron chi connectivity index (χ0n) is 26.1. The molecule has 0 spiro atoms. The summed E-state index contributed by atoms with van der Waals surface area (Å²) in [5, 5.41) is 12.3. The van der Waals surface area contributed by atoms with Gasteiger partial charge in [0.25, 0.3) is 0 Å². The highest BCUT2D eigenvalue weighted by Crippen LogP contribution is 2.41. The highest BCUT2D eigenvalue weighted by Gasteiger charge is 2.17. The highest BCUT2D eigenvalue weighted by molar-refractivity contribution is 6.10. The van der Waals surface area contributed by atoms with Gasteiger partial charge in [-0.15, -0.1) is 0 Å². The largest absolute Gasteiger partial charge is 0.456 e. The second-order valence-corrected chi connectivity index (χ2v) is 12.6. The summed E-state index contributed by atoms with van der Waals surface area (Å²) in [4.78, 5) is 2.36. The SMILES string of the molecule is c1ccc2c(c1)ccc1cc(-c3ccc(N(c4ccc5ccc6ccccc6c5c4)c4ccc5oc6ccccc6c5c4)cc3)ccc12. The summed E-state index contributed by atoms with van der Waals surface area (Å²) >= 11 is 0. The van der Waals surface area contributed by atoms with E-state index in [1.807, 2.05) is 12.1 Å². The number of rotatable bonds is 4. The van der Waals surface area contributed by atoms with Crippen LogP contribution in [0.3, 0.4) is 0 Å². The van der Waals surface area contributed by atoms with Gasteiger partial charge in [0.1, 0.15) is 11.2 Å². The number of nitrogens with zero attached hydrogens (tertiary/aromatic N) is 1. The zero-order chi connectivity index (χ0) is 31.6. The summed E-state index contributed by atoms with van der Waals surface area (Å²) in [5.41, 5.74) is 7.48. The molecule has 48 heavy (non-hydrogen) atoms. The first-order chi connectivity index (χ1) is 23.8. The third-order valence-corrected chi connectivity index (χ3v) is 9.81. The molecule has 0 aliphatic carbocycles. The molecule has 2 nitrogen and oxygen atoms in total. The van der Waals surface area contributed by atoms with E-state index in [1.165, 1.54) is 54.2 Å². The Morgan fingerprint density at radius 1 is 0.292 bits per heavy atom. The maximum atomic E-state index is 6.20. The number of furan rings is 1. The Labute approximate surface area is 277 Å². The van der Waals surface area contributed by atoms with Crippen molar-refractivity contribution in [2.75, 3.05) is 4.90 Å². The van der Waals surface area contributed by atoms with Crippen LogP contribution in [0.15, 0.2) is 180 Å². The van der Waals surface area contributed by atoms with E-state index < -0.39 is 0 Å². The van der Waals surface area contributed by atoms with E-state index in [1.54, 1.807) is 0 Å². The van der Waals surface area contributed by atoms with Gasteiger partial charge in [-0.2, -0.15) is 0 Å². The van der Waals surface area contributed by atoms with Gasteiger partial charge in [0.15, 0.2) is 0 Å². The van der Waals surface area contributed by atoms with Crippen molar-refractivity contribution < 1.29 is 4.42 Å². The molecule has 1 heterocycles. The smallest absolute Gasteiger partial charge is 0.135 e. The van der Waals surface area contributed by atoms with Gasteiger partial charge in [0.05, 0.1) is 0 Å². The number of hydrogen-bond acceptors (Lipinski definition) is 2. The van der Waals surface area contributed by atoms with Crippen LogP contribution in [0.4, 0.5) is 17.1 Å². The first-order valence-corrected chi connectivity index (χ1v) is 16.4. The molecule has 0 amide bonds. The van der Waals surface area contributed by atoms with Crippen LogP contribution in [0.25, 0.3) is 76.2 Å². The third kappa shape index (κ3) is 4.27. The lowest BCUT2D eigenvalue weighted by atomic mass is 9.97. The van der Waals surface area contributed by atoms with E-state index in [2.05, 4.69) is 169 Å². The first kappa shape index (κ1) is 26.8.